The van der Waals surface area contributed by atoms with Crippen LogP contribution in [0.4, 0.5) is 0 Å². The molecule has 1 aromatic heterocycles. The molecular formula is C15H20ClN3O. The van der Waals surface area contributed by atoms with Crippen molar-refractivity contribution < 1.29 is 4.74 Å². The first kappa shape index (κ1) is 14.9. The minimum absolute atomic E-state index is 0.614. The zero-order valence-corrected chi connectivity index (χ0v) is 12.7. The number of nitrogens with zero attached hydrogens (tertiary/aromatic N) is 2. The quantitative estimate of drug-likeness (QED) is 0.843. The van der Waals surface area contributed by atoms with Gasteiger partial charge in [-0.25, -0.2) is 0 Å². The van der Waals surface area contributed by atoms with Crippen molar-refractivity contribution in [3.63, 3.8) is 0 Å². The Morgan fingerprint density at radius 2 is 2.20 bits per heavy atom. The Hall–Kier alpha value is -1.52. The molecule has 0 aliphatic rings. The third kappa shape index (κ3) is 3.74. The summed E-state index contributed by atoms with van der Waals surface area (Å²) in [6.07, 6.45) is 4.65. The lowest BCUT2D eigenvalue weighted by Gasteiger charge is -2.11. The van der Waals surface area contributed by atoms with E-state index in [0.717, 1.165) is 31.6 Å². The van der Waals surface area contributed by atoms with E-state index in [1.807, 2.05) is 29.1 Å². The van der Waals surface area contributed by atoms with Crippen molar-refractivity contribution >= 4 is 11.6 Å². The Morgan fingerprint density at radius 1 is 1.35 bits per heavy atom. The zero-order valence-electron chi connectivity index (χ0n) is 11.9. The maximum atomic E-state index is 6.25. The minimum Gasteiger partial charge on any atom is -0.452 e. The molecule has 0 fully saturated rings. The van der Waals surface area contributed by atoms with E-state index >= 15 is 0 Å². The standard InChI is InChI=1S/C15H20ClN3O/c1-3-8-19-11-13(10-18-19)20-15-12(9-17-4-2)6-5-7-14(15)16/h5-7,10-11,17H,3-4,8-9H2,1-2H3. The molecule has 5 heteroatoms. The molecule has 0 atom stereocenters. The van der Waals surface area contributed by atoms with E-state index in [1.54, 1.807) is 6.20 Å². The smallest absolute Gasteiger partial charge is 0.165 e. The first-order chi connectivity index (χ1) is 9.74. The van der Waals surface area contributed by atoms with Crippen molar-refractivity contribution in [2.45, 2.75) is 33.4 Å². The fraction of sp³-hybridized carbons (Fsp3) is 0.400. The molecule has 0 radical (unpaired) electrons. The van der Waals surface area contributed by atoms with Gasteiger partial charge in [0, 0.05) is 18.7 Å². The molecule has 2 rings (SSSR count). The highest BCUT2D eigenvalue weighted by Gasteiger charge is 2.10. The highest BCUT2D eigenvalue weighted by Crippen LogP contribution is 2.32. The van der Waals surface area contributed by atoms with Gasteiger partial charge in [-0.15, -0.1) is 0 Å². The number of aromatic nitrogens is 2. The lowest BCUT2D eigenvalue weighted by molar-refractivity contribution is 0.471. The summed E-state index contributed by atoms with van der Waals surface area (Å²) in [6, 6.07) is 5.78. The molecule has 4 nitrogen and oxygen atoms in total. The lowest BCUT2D eigenvalue weighted by atomic mass is 10.2. The van der Waals surface area contributed by atoms with Gasteiger partial charge in [-0.2, -0.15) is 5.10 Å². The molecule has 2 aromatic rings. The van der Waals surface area contributed by atoms with Gasteiger partial charge in [0.2, 0.25) is 0 Å². The number of halogens is 1. The third-order valence-electron chi connectivity index (χ3n) is 2.90. The third-order valence-corrected chi connectivity index (χ3v) is 3.19. The van der Waals surface area contributed by atoms with Crippen LogP contribution in [0.3, 0.4) is 0 Å². The summed E-state index contributed by atoms with van der Waals surface area (Å²) in [6.45, 7) is 6.71. The molecule has 1 heterocycles. The van der Waals surface area contributed by atoms with Gasteiger partial charge >= 0.3 is 0 Å². The summed E-state index contributed by atoms with van der Waals surface area (Å²) < 4.78 is 7.78. The highest BCUT2D eigenvalue weighted by atomic mass is 35.5. The Morgan fingerprint density at radius 3 is 2.95 bits per heavy atom. The molecule has 0 aliphatic carbocycles. The summed E-state index contributed by atoms with van der Waals surface area (Å²) >= 11 is 6.25. The van der Waals surface area contributed by atoms with E-state index in [4.69, 9.17) is 16.3 Å². The lowest BCUT2D eigenvalue weighted by Crippen LogP contribution is -2.12. The number of ether oxygens (including phenoxy) is 1. The Balaban J connectivity index is 2.18. The van der Waals surface area contributed by atoms with Crippen molar-refractivity contribution in [3.8, 4) is 11.5 Å². The predicted molar refractivity (Wildman–Crippen MR) is 81.4 cm³/mol. The molecule has 108 valence electrons. The van der Waals surface area contributed by atoms with Crippen LogP contribution in [-0.2, 0) is 13.1 Å². The summed E-state index contributed by atoms with van der Waals surface area (Å²) in [7, 11) is 0. The van der Waals surface area contributed by atoms with Gasteiger partial charge in [0.05, 0.1) is 17.4 Å². The molecule has 0 spiro atoms. The molecule has 0 aliphatic heterocycles. The first-order valence-corrected chi connectivity index (χ1v) is 7.30. The van der Waals surface area contributed by atoms with Crippen LogP contribution in [0, 0.1) is 0 Å². The summed E-state index contributed by atoms with van der Waals surface area (Å²) in [5.41, 5.74) is 1.04. The summed E-state index contributed by atoms with van der Waals surface area (Å²) in [5.74, 6) is 1.41. The van der Waals surface area contributed by atoms with E-state index in [2.05, 4.69) is 24.3 Å². The summed E-state index contributed by atoms with van der Waals surface area (Å²) in [4.78, 5) is 0. The van der Waals surface area contributed by atoms with Crippen LogP contribution in [-0.4, -0.2) is 16.3 Å². The average Bonchev–Trinajstić information content (AvgIpc) is 2.87. The zero-order chi connectivity index (χ0) is 14.4. The van der Waals surface area contributed by atoms with Gasteiger partial charge in [-0.3, -0.25) is 4.68 Å². The molecule has 0 unspecified atom stereocenters. The molecule has 0 saturated carbocycles. The van der Waals surface area contributed by atoms with Gasteiger partial charge in [-0.05, 0) is 19.0 Å². The highest BCUT2D eigenvalue weighted by molar-refractivity contribution is 6.32. The van der Waals surface area contributed by atoms with E-state index in [-0.39, 0.29) is 0 Å². The van der Waals surface area contributed by atoms with Crippen LogP contribution in [0.15, 0.2) is 30.6 Å². The molecule has 1 aromatic carbocycles. The average molecular weight is 294 g/mol. The number of hydrogen-bond donors (Lipinski definition) is 1. The Labute approximate surface area is 124 Å². The Bertz CT molecular complexity index is 554. The van der Waals surface area contributed by atoms with E-state index in [9.17, 15) is 0 Å². The van der Waals surface area contributed by atoms with Gasteiger partial charge in [-0.1, -0.05) is 37.6 Å². The van der Waals surface area contributed by atoms with E-state index in [1.165, 1.54) is 0 Å². The van der Waals surface area contributed by atoms with Crippen molar-refractivity contribution in [1.82, 2.24) is 15.1 Å². The van der Waals surface area contributed by atoms with Crippen molar-refractivity contribution in [1.29, 1.82) is 0 Å². The van der Waals surface area contributed by atoms with Crippen molar-refractivity contribution in [2.24, 2.45) is 0 Å². The second kappa shape index (κ2) is 7.31. The largest absolute Gasteiger partial charge is 0.452 e. The second-order valence-corrected chi connectivity index (χ2v) is 4.96. The fourth-order valence-electron chi connectivity index (χ4n) is 1.93. The fourth-order valence-corrected chi connectivity index (χ4v) is 2.17. The van der Waals surface area contributed by atoms with Crippen LogP contribution < -0.4 is 10.1 Å². The Kier molecular flexibility index (Phi) is 5.44. The topological polar surface area (TPSA) is 39.1 Å². The summed E-state index contributed by atoms with van der Waals surface area (Å²) in [5, 5.41) is 8.16. The van der Waals surface area contributed by atoms with Crippen LogP contribution in [0.5, 0.6) is 11.5 Å². The molecule has 20 heavy (non-hydrogen) atoms. The van der Waals surface area contributed by atoms with E-state index < -0.39 is 0 Å². The molecule has 0 saturated heterocycles. The minimum atomic E-state index is 0.614. The van der Waals surface area contributed by atoms with Crippen molar-refractivity contribution in [2.75, 3.05) is 6.54 Å². The van der Waals surface area contributed by atoms with Crippen LogP contribution in [0.25, 0.3) is 0 Å². The maximum absolute atomic E-state index is 6.25. The van der Waals surface area contributed by atoms with Crippen LogP contribution in [0.1, 0.15) is 25.8 Å². The van der Waals surface area contributed by atoms with Gasteiger partial charge in [0.25, 0.3) is 0 Å². The van der Waals surface area contributed by atoms with Crippen molar-refractivity contribution in [3.05, 3.63) is 41.2 Å². The molecular weight excluding hydrogens is 274 g/mol. The van der Waals surface area contributed by atoms with Gasteiger partial charge in [0.15, 0.2) is 11.5 Å². The van der Waals surface area contributed by atoms with Gasteiger partial charge < -0.3 is 10.1 Å². The van der Waals surface area contributed by atoms with E-state index in [0.29, 0.717) is 16.5 Å². The molecule has 0 bridgehead atoms. The number of rotatable bonds is 7. The van der Waals surface area contributed by atoms with Gasteiger partial charge in [0.1, 0.15) is 0 Å². The molecule has 1 N–H and O–H groups in total. The second-order valence-electron chi connectivity index (χ2n) is 4.55. The number of benzene rings is 1. The number of hydrogen-bond acceptors (Lipinski definition) is 3. The number of para-hydroxylation sites is 1. The number of nitrogens with one attached hydrogen (secondary N) is 1. The SMILES string of the molecule is CCCn1cc(Oc2c(Cl)cccc2CNCC)cn1. The van der Waals surface area contributed by atoms with Crippen LogP contribution >= 0.6 is 11.6 Å². The predicted octanol–water partition coefficient (Wildman–Crippen LogP) is 3.85. The maximum Gasteiger partial charge on any atom is 0.165 e. The molecule has 0 amide bonds. The first-order valence-electron chi connectivity index (χ1n) is 6.93. The normalized spacial score (nSPS) is 10.8. The monoisotopic (exact) mass is 293 g/mol. The number of aryl methyl sites for hydroxylation is 1. The van der Waals surface area contributed by atoms with Crippen LogP contribution in [0.2, 0.25) is 5.02 Å².